The molecule has 2 aliphatic rings. The summed E-state index contributed by atoms with van der Waals surface area (Å²) in [5, 5.41) is 3.74. The van der Waals surface area contributed by atoms with Crippen LogP contribution in [0.1, 0.15) is 39.5 Å². The van der Waals surface area contributed by atoms with Gasteiger partial charge in [0.25, 0.3) is 0 Å². The Morgan fingerprint density at radius 2 is 2.12 bits per heavy atom. The average Bonchev–Trinajstić information content (AvgIpc) is 3.18. The molecule has 0 bridgehead atoms. The lowest BCUT2D eigenvalue weighted by molar-refractivity contribution is 0.0915. The van der Waals surface area contributed by atoms with Crippen LogP contribution in [0.2, 0.25) is 0 Å². The van der Waals surface area contributed by atoms with Crippen LogP contribution in [0, 0.1) is 5.92 Å². The van der Waals surface area contributed by atoms with Crippen molar-refractivity contribution in [3.05, 3.63) is 0 Å². The molecule has 0 aromatic carbocycles. The summed E-state index contributed by atoms with van der Waals surface area (Å²) in [6.07, 6.45) is 5.34. The van der Waals surface area contributed by atoms with E-state index in [1.807, 2.05) is 0 Å². The van der Waals surface area contributed by atoms with Crippen LogP contribution >= 0.6 is 0 Å². The molecule has 1 heterocycles. The van der Waals surface area contributed by atoms with Gasteiger partial charge in [-0.1, -0.05) is 6.92 Å². The maximum Gasteiger partial charge on any atom is 0.0478 e. The summed E-state index contributed by atoms with van der Waals surface area (Å²) in [5.41, 5.74) is 0. The number of ether oxygens (including phenoxy) is 1. The Morgan fingerprint density at radius 1 is 1.29 bits per heavy atom. The number of hydrogen-bond acceptors (Lipinski definition) is 3. The number of piperazine rings is 1. The van der Waals surface area contributed by atoms with Crippen LogP contribution in [0.25, 0.3) is 0 Å². The van der Waals surface area contributed by atoms with Crippen molar-refractivity contribution in [2.24, 2.45) is 5.92 Å². The molecular weight excluding hydrogens is 212 g/mol. The second-order valence-electron chi connectivity index (χ2n) is 5.46. The molecule has 0 aromatic heterocycles. The van der Waals surface area contributed by atoms with Crippen molar-refractivity contribution in [2.75, 3.05) is 32.8 Å². The SMILES string of the molecule is CCOCCCN1CC(C2CC2)NCC1CC. The maximum atomic E-state index is 5.44. The van der Waals surface area contributed by atoms with E-state index in [0.29, 0.717) is 0 Å². The van der Waals surface area contributed by atoms with E-state index < -0.39 is 0 Å². The largest absolute Gasteiger partial charge is 0.382 e. The first-order valence-corrected chi connectivity index (χ1v) is 7.40. The van der Waals surface area contributed by atoms with Gasteiger partial charge in [0.05, 0.1) is 0 Å². The second-order valence-corrected chi connectivity index (χ2v) is 5.46. The molecule has 1 aliphatic heterocycles. The third-order valence-electron chi connectivity index (χ3n) is 4.16. The zero-order valence-electron chi connectivity index (χ0n) is 11.5. The van der Waals surface area contributed by atoms with Crippen molar-refractivity contribution in [1.29, 1.82) is 0 Å². The highest BCUT2D eigenvalue weighted by Gasteiger charge is 2.36. The fraction of sp³-hybridized carbons (Fsp3) is 1.00. The number of nitrogens with zero attached hydrogens (tertiary/aromatic N) is 1. The highest BCUT2D eigenvalue weighted by Crippen LogP contribution is 2.34. The standard InChI is InChI=1S/C14H28N2O/c1-3-13-10-15-14(12-6-7-12)11-16(13)8-5-9-17-4-2/h12-15H,3-11H2,1-2H3. The van der Waals surface area contributed by atoms with Gasteiger partial charge >= 0.3 is 0 Å². The molecule has 2 fully saturated rings. The molecule has 2 atom stereocenters. The summed E-state index contributed by atoms with van der Waals surface area (Å²) in [6, 6.07) is 1.51. The Morgan fingerprint density at radius 3 is 2.76 bits per heavy atom. The van der Waals surface area contributed by atoms with Crippen molar-refractivity contribution < 1.29 is 4.74 Å². The average molecular weight is 240 g/mol. The first-order chi connectivity index (χ1) is 8.35. The van der Waals surface area contributed by atoms with Crippen LogP contribution in [0.15, 0.2) is 0 Å². The quantitative estimate of drug-likeness (QED) is 0.688. The van der Waals surface area contributed by atoms with Crippen LogP contribution in [-0.4, -0.2) is 49.8 Å². The highest BCUT2D eigenvalue weighted by atomic mass is 16.5. The minimum atomic E-state index is 0.742. The third-order valence-corrected chi connectivity index (χ3v) is 4.16. The Bertz CT molecular complexity index is 218. The van der Waals surface area contributed by atoms with E-state index in [4.69, 9.17) is 4.74 Å². The van der Waals surface area contributed by atoms with E-state index >= 15 is 0 Å². The predicted molar refractivity (Wildman–Crippen MR) is 71.3 cm³/mol. The Kier molecular flexibility index (Phi) is 5.26. The van der Waals surface area contributed by atoms with Crippen molar-refractivity contribution in [3.63, 3.8) is 0 Å². The summed E-state index contributed by atoms with van der Waals surface area (Å²) in [6.45, 7) is 9.81. The van der Waals surface area contributed by atoms with Gasteiger partial charge in [0, 0.05) is 44.9 Å². The molecule has 1 N–H and O–H groups in total. The summed E-state index contributed by atoms with van der Waals surface area (Å²) >= 11 is 0. The van der Waals surface area contributed by atoms with Gasteiger partial charge in [-0.3, -0.25) is 4.90 Å². The second kappa shape index (κ2) is 6.72. The fourth-order valence-electron chi connectivity index (χ4n) is 2.89. The zero-order valence-corrected chi connectivity index (χ0v) is 11.5. The molecule has 0 spiro atoms. The van der Waals surface area contributed by atoms with E-state index in [-0.39, 0.29) is 0 Å². The van der Waals surface area contributed by atoms with Crippen LogP contribution in [0.4, 0.5) is 0 Å². The first kappa shape index (κ1) is 13.3. The van der Waals surface area contributed by atoms with Gasteiger partial charge in [-0.25, -0.2) is 0 Å². The molecule has 1 saturated carbocycles. The van der Waals surface area contributed by atoms with E-state index in [2.05, 4.69) is 24.1 Å². The van der Waals surface area contributed by atoms with Gasteiger partial charge in [-0.05, 0) is 38.5 Å². The lowest BCUT2D eigenvalue weighted by atomic mass is 10.0. The minimum Gasteiger partial charge on any atom is -0.382 e. The molecule has 3 heteroatoms. The molecule has 1 saturated heterocycles. The lowest BCUT2D eigenvalue weighted by Crippen LogP contribution is -2.57. The van der Waals surface area contributed by atoms with Gasteiger partial charge < -0.3 is 10.1 Å². The van der Waals surface area contributed by atoms with Crippen molar-refractivity contribution >= 4 is 0 Å². The normalized spacial score (nSPS) is 30.7. The molecule has 3 nitrogen and oxygen atoms in total. The van der Waals surface area contributed by atoms with Gasteiger partial charge in [0.1, 0.15) is 0 Å². The van der Waals surface area contributed by atoms with Crippen LogP contribution in [-0.2, 0) is 4.74 Å². The molecule has 1 aliphatic carbocycles. The summed E-state index contributed by atoms with van der Waals surface area (Å²) in [4.78, 5) is 2.69. The number of nitrogens with one attached hydrogen (secondary N) is 1. The molecular formula is C14H28N2O. The van der Waals surface area contributed by atoms with E-state index in [0.717, 1.165) is 31.2 Å². The van der Waals surface area contributed by atoms with E-state index in [1.165, 1.54) is 45.3 Å². The van der Waals surface area contributed by atoms with Gasteiger partial charge in [0.15, 0.2) is 0 Å². The Labute approximate surface area is 106 Å². The molecule has 0 amide bonds. The molecule has 2 rings (SSSR count). The Hall–Kier alpha value is -0.120. The summed E-state index contributed by atoms with van der Waals surface area (Å²) < 4.78 is 5.44. The summed E-state index contributed by atoms with van der Waals surface area (Å²) in [7, 11) is 0. The summed E-state index contributed by atoms with van der Waals surface area (Å²) in [5.74, 6) is 0.974. The smallest absolute Gasteiger partial charge is 0.0478 e. The van der Waals surface area contributed by atoms with Crippen molar-refractivity contribution in [2.45, 2.75) is 51.6 Å². The van der Waals surface area contributed by atoms with Crippen molar-refractivity contribution in [1.82, 2.24) is 10.2 Å². The van der Waals surface area contributed by atoms with Gasteiger partial charge in [-0.15, -0.1) is 0 Å². The van der Waals surface area contributed by atoms with Crippen LogP contribution < -0.4 is 5.32 Å². The predicted octanol–water partition coefficient (Wildman–Crippen LogP) is 1.88. The topological polar surface area (TPSA) is 24.5 Å². The Balaban J connectivity index is 1.73. The van der Waals surface area contributed by atoms with Crippen LogP contribution in [0.3, 0.4) is 0 Å². The third kappa shape index (κ3) is 3.94. The molecule has 100 valence electrons. The van der Waals surface area contributed by atoms with Gasteiger partial charge in [0.2, 0.25) is 0 Å². The fourth-order valence-corrected chi connectivity index (χ4v) is 2.89. The number of hydrogen-bond donors (Lipinski definition) is 1. The molecule has 0 radical (unpaired) electrons. The van der Waals surface area contributed by atoms with Crippen molar-refractivity contribution in [3.8, 4) is 0 Å². The zero-order chi connectivity index (χ0) is 12.1. The lowest BCUT2D eigenvalue weighted by Gasteiger charge is -2.40. The molecule has 2 unspecified atom stereocenters. The highest BCUT2D eigenvalue weighted by molar-refractivity contribution is 4.94. The number of rotatable bonds is 7. The van der Waals surface area contributed by atoms with Gasteiger partial charge in [-0.2, -0.15) is 0 Å². The van der Waals surface area contributed by atoms with Crippen LogP contribution in [0.5, 0.6) is 0 Å². The van der Waals surface area contributed by atoms with E-state index in [9.17, 15) is 0 Å². The maximum absolute atomic E-state index is 5.44. The molecule has 0 aromatic rings. The molecule has 17 heavy (non-hydrogen) atoms. The first-order valence-electron chi connectivity index (χ1n) is 7.40. The minimum absolute atomic E-state index is 0.742. The van der Waals surface area contributed by atoms with E-state index in [1.54, 1.807) is 0 Å². The monoisotopic (exact) mass is 240 g/mol.